The third-order valence-corrected chi connectivity index (χ3v) is 3.31. The molecule has 0 spiro atoms. The fourth-order valence-corrected chi connectivity index (χ4v) is 1.99. The molecule has 0 aliphatic heterocycles. The molecule has 1 aliphatic carbocycles. The molecule has 106 valence electrons. The first kappa shape index (κ1) is 12.8. The highest BCUT2D eigenvalue weighted by molar-refractivity contribution is 6.01. The summed E-state index contributed by atoms with van der Waals surface area (Å²) in [5.41, 5.74) is 0.666. The van der Waals surface area contributed by atoms with E-state index in [-0.39, 0.29) is 11.9 Å². The van der Waals surface area contributed by atoms with Crippen molar-refractivity contribution in [2.45, 2.75) is 38.6 Å². The van der Waals surface area contributed by atoms with Crippen LogP contribution in [0.15, 0.2) is 12.4 Å². The summed E-state index contributed by atoms with van der Waals surface area (Å²) in [7, 11) is 1.74. The molecule has 1 fully saturated rings. The summed E-state index contributed by atoms with van der Waals surface area (Å²) < 4.78 is 3.33. The van der Waals surface area contributed by atoms with Crippen molar-refractivity contribution in [1.29, 1.82) is 0 Å². The van der Waals surface area contributed by atoms with Crippen molar-refractivity contribution in [3.8, 4) is 0 Å². The summed E-state index contributed by atoms with van der Waals surface area (Å²) in [6, 6.07) is 0.261. The van der Waals surface area contributed by atoms with Crippen LogP contribution in [-0.4, -0.2) is 30.5 Å². The van der Waals surface area contributed by atoms with Gasteiger partial charge in [-0.05, 0) is 26.7 Å². The molecule has 0 radical (unpaired) electrons. The van der Waals surface area contributed by atoms with Gasteiger partial charge in [-0.25, -0.2) is 9.67 Å². The van der Waals surface area contributed by atoms with Crippen molar-refractivity contribution >= 4 is 11.6 Å². The fourth-order valence-electron chi connectivity index (χ4n) is 1.99. The lowest BCUT2D eigenvalue weighted by molar-refractivity contribution is 0.101. The largest absolute Gasteiger partial charge is 0.317 e. The van der Waals surface area contributed by atoms with Crippen molar-refractivity contribution in [3.05, 3.63) is 24.0 Å². The zero-order valence-corrected chi connectivity index (χ0v) is 11.9. The van der Waals surface area contributed by atoms with E-state index in [9.17, 15) is 4.79 Å². The third kappa shape index (κ3) is 2.43. The van der Waals surface area contributed by atoms with Crippen molar-refractivity contribution < 1.29 is 4.79 Å². The second kappa shape index (κ2) is 4.73. The van der Waals surface area contributed by atoms with Gasteiger partial charge in [0.05, 0.1) is 11.9 Å². The average Bonchev–Trinajstić information content (AvgIpc) is 3.01. The van der Waals surface area contributed by atoms with Crippen molar-refractivity contribution in [2.24, 2.45) is 7.05 Å². The highest BCUT2D eigenvalue weighted by Crippen LogP contribution is 2.38. The van der Waals surface area contributed by atoms with E-state index < -0.39 is 0 Å². The van der Waals surface area contributed by atoms with Crippen molar-refractivity contribution in [3.63, 3.8) is 0 Å². The van der Waals surface area contributed by atoms with Crippen LogP contribution in [0.2, 0.25) is 0 Å². The number of amides is 1. The number of aryl methyl sites for hydroxylation is 1. The maximum Gasteiger partial charge on any atom is 0.293 e. The summed E-state index contributed by atoms with van der Waals surface area (Å²) in [5.74, 6) is 1.29. The molecule has 20 heavy (non-hydrogen) atoms. The lowest BCUT2D eigenvalue weighted by atomic mass is 10.4. The number of nitrogens with zero attached hydrogens (tertiary/aromatic N) is 5. The van der Waals surface area contributed by atoms with E-state index in [4.69, 9.17) is 0 Å². The predicted octanol–water partition coefficient (Wildman–Crippen LogP) is 1.72. The number of rotatable bonds is 4. The highest BCUT2D eigenvalue weighted by Gasteiger charge is 2.29. The Morgan fingerprint density at radius 1 is 1.45 bits per heavy atom. The van der Waals surface area contributed by atoms with E-state index in [1.54, 1.807) is 24.1 Å². The molecule has 2 heterocycles. The third-order valence-electron chi connectivity index (χ3n) is 3.31. The molecule has 1 saturated carbocycles. The molecule has 1 N–H and O–H groups in total. The van der Waals surface area contributed by atoms with E-state index in [1.807, 2.05) is 13.8 Å². The molecule has 2 aromatic rings. The summed E-state index contributed by atoms with van der Waals surface area (Å²) in [5, 5.41) is 11.3. The molecule has 0 atom stereocenters. The molecule has 2 aromatic heterocycles. The van der Waals surface area contributed by atoms with Gasteiger partial charge in [-0.2, -0.15) is 10.2 Å². The number of nitrogens with one attached hydrogen (secondary N) is 1. The zero-order chi connectivity index (χ0) is 14.3. The van der Waals surface area contributed by atoms with Gasteiger partial charge in [0.1, 0.15) is 0 Å². The second-order valence-corrected chi connectivity index (χ2v) is 5.45. The van der Waals surface area contributed by atoms with Crippen LogP contribution < -0.4 is 5.32 Å². The smallest absolute Gasteiger partial charge is 0.293 e. The van der Waals surface area contributed by atoms with Gasteiger partial charge in [-0.1, -0.05) is 0 Å². The van der Waals surface area contributed by atoms with Crippen LogP contribution in [0.3, 0.4) is 0 Å². The molecule has 0 bridgehead atoms. The van der Waals surface area contributed by atoms with Crippen LogP contribution in [0.5, 0.6) is 0 Å². The molecule has 0 aromatic carbocycles. The molecule has 0 saturated heterocycles. The van der Waals surface area contributed by atoms with E-state index in [2.05, 4.69) is 20.5 Å². The van der Waals surface area contributed by atoms with Gasteiger partial charge in [0.2, 0.25) is 5.82 Å². The normalized spacial score (nSPS) is 14.8. The standard InChI is InChI=1S/C13H18N6O/c1-8(2)19-7-10(6-14-19)15-13(20)12-16-11(9-4-5-9)17-18(12)3/h6-9H,4-5H2,1-3H3,(H,15,20). The Kier molecular flexibility index (Phi) is 3.04. The summed E-state index contributed by atoms with van der Waals surface area (Å²) in [4.78, 5) is 16.5. The van der Waals surface area contributed by atoms with Crippen LogP contribution in [-0.2, 0) is 7.05 Å². The molecule has 3 rings (SSSR count). The molecular weight excluding hydrogens is 256 g/mol. The van der Waals surface area contributed by atoms with Crippen LogP contribution >= 0.6 is 0 Å². The SMILES string of the molecule is CC(C)n1cc(NC(=O)c2nc(C3CC3)nn2C)cn1. The monoisotopic (exact) mass is 274 g/mol. The Balaban J connectivity index is 1.74. The molecule has 7 nitrogen and oxygen atoms in total. The zero-order valence-electron chi connectivity index (χ0n) is 11.9. The van der Waals surface area contributed by atoms with Gasteiger partial charge in [0.25, 0.3) is 5.91 Å². The number of hydrogen-bond donors (Lipinski definition) is 1. The molecule has 0 unspecified atom stereocenters. The topological polar surface area (TPSA) is 77.6 Å². The van der Waals surface area contributed by atoms with Gasteiger partial charge in [0, 0.05) is 25.2 Å². The van der Waals surface area contributed by atoms with Gasteiger partial charge in [-0.15, -0.1) is 0 Å². The Hall–Kier alpha value is -2.18. The summed E-state index contributed by atoms with van der Waals surface area (Å²) in [6.45, 7) is 4.06. The van der Waals surface area contributed by atoms with Crippen LogP contribution in [0, 0.1) is 0 Å². The van der Waals surface area contributed by atoms with Gasteiger partial charge >= 0.3 is 0 Å². The van der Waals surface area contributed by atoms with E-state index >= 15 is 0 Å². The first-order chi connectivity index (χ1) is 9.54. The first-order valence-corrected chi connectivity index (χ1v) is 6.81. The maximum absolute atomic E-state index is 12.2. The highest BCUT2D eigenvalue weighted by atomic mass is 16.2. The Labute approximate surface area is 117 Å². The minimum absolute atomic E-state index is 0.254. The van der Waals surface area contributed by atoms with Crippen LogP contribution in [0.25, 0.3) is 0 Å². The van der Waals surface area contributed by atoms with Crippen molar-refractivity contribution in [1.82, 2.24) is 24.5 Å². The Bertz CT molecular complexity index is 637. The minimum Gasteiger partial charge on any atom is -0.317 e. The second-order valence-electron chi connectivity index (χ2n) is 5.45. The van der Waals surface area contributed by atoms with Crippen LogP contribution in [0.4, 0.5) is 5.69 Å². The summed E-state index contributed by atoms with van der Waals surface area (Å²) in [6.07, 6.45) is 5.68. The predicted molar refractivity (Wildman–Crippen MR) is 73.5 cm³/mol. The van der Waals surface area contributed by atoms with Gasteiger partial charge < -0.3 is 5.32 Å². The lowest BCUT2D eigenvalue weighted by Gasteiger charge is -2.03. The number of carbonyl (C=O) groups is 1. The van der Waals surface area contributed by atoms with E-state index in [0.29, 0.717) is 17.4 Å². The summed E-state index contributed by atoms with van der Waals surface area (Å²) >= 11 is 0. The quantitative estimate of drug-likeness (QED) is 0.921. The number of aromatic nitrogens is 5. The molecular formula is C13H18N6O. The average molecular weight is 274 g/mol. The number of hydrogen-bond acceptors (Lipinski definition) is 4. The van der Waals surface area contributed by atoms with Gasteiger partial charge in [0.15, 0.2) is 5.82 Å². The molecule has 7 heteroatoms. The number of anilines is 1. The van der Waals surface area contributed by atoms with Crippen LogP contribution in [0.1, 0.15) is 55.1 Å². The molecule has 1 aliphatic rings. The first-order valence-electron chi connectivity index (χ1n) is 6.81. The Morgan fingerprint density at radius 3 is 2.80 bits per heavy atom. The molecule has 1 amide bonds. The van der Waals surface area contributed by atoms with Gasteiger partial charge in [-0.3, -0.25) is 9.48 Å². The maximum atomic E-state index is 12.2. The van der Waals surface area contributed by atoms with Crippen molar-refractivity contribution in [2.75, 3.05) is 5.32 Å². The lowest BCUT2D eigenvalue weighted by Crippen LogP contribution is -2.17. The fraction of sp³-hybridized carbons (Fsp3) is 0.538. The minimum atomic E-state index is -0.254. The number of carbonyl (C=O) groups excluding carboxylic acids is 1. The Morgan fingerprint density at radius 2 is 2.20 bits per heavy atom. The van der Waals surface area contributed by atoms with E-state index in [1.165, 1.54) is 4.68 Å². The van der Waals surface area contributed by atoms with E-state index in [0.717, 1.165) is 18.7 Å².